The minimum Gasteiger partial charge on any atom is -0.508 e. The first-order valence-electron chi connectivity index (χ1n) is 14.1. The lowest BCUT2D eigenvalue weighted by Gasteiger charge is -2.40. The van der Waals surface area contributed by atoms with E-state index in [0.29, 0.717) is 30.8 Å². The number of aliphatic hydroxyl groups is 2. The molecule has 0 amide bonds. The van der Waals surface area contributed by atoms with Crippen LogP contribution in [0, 0.1) is 0 Å². The van der Waals surface area contributed by atoms with Gasteiger partial charge in [-0.3, -0.25) is 0 Å². The van der Waals surface area contributed by atoms with Crippen LogP contribution in [0.4, 0.5) is 0 Å². The van der Waals surface area contributed by atoms with Gasteiger partial charge >= 0.3 is 0 Å². The Kier molecular flexibility index (Phi) is 8.37. The fraction of sp³-hybridized carbons (Fsp3) is 0.438. The number of aromatic hydroxyl groups is 3. The summed E-state index contributed by atoms with van der Waals surface area (Å²) in [6.07, 6.45) is 2.93. The van der Waals surface area contributed by atoms with E-state index < -0.39 is 12.2 Å². The molecule has 2 aliphatic rings. The SMILES string of the molecule is CCCCC[C@H]1c2c(cc(OCCO)c3c2CCc2cc(O)ccc2-3)O[C@@H](c2cc(OC)c(O)c(OC)c2O)[C@@H]1O. The second-order valence-corrected chi connectivity index (χ2v) is 10.6. The average Bonchev–Trinajstić information content (AvgIpc) is 2.97. The molecule has 9 nitrogen and oxygen atoms in total. The van der Waals surface area contributed by atoms with Crippen LogP contribution >= 0.6 is 0 Å². The van der Waals surface area contributed by atoms with Crippen LogP contribution in [-0.2, 0) is 12.8 Å². The van der Waals surface area contributed by atoms with Crippen LogP contribution < -0.4 is 18.9 Å². The third kappa shape index (κ3) is 5.08. The zero-order chi connectivity index (χ0) is 29.3. The number of phenolic OH excluding ortho intramolecular Hbond substituents is 3. The maximum Gasteiger partial charge on any atom is 0.207 e. The minimum absolute atomic E-state index is 0.0797. The molecule has 1 heterocycles. The summed E-state index contributed by atoms with van der Waals surface area (Å²) in [6, 6.07) is 8.55. The standard InChI is InChI=1S/C32H38O9/c1-4-5-6-7-21-27-20-10-8-17-14-18(34)9-11-19(17)26(20)23(40-13-12-33)16-24(27)41-31(28(21)35)22-15-25(38-2)30(37)32(39-3)29(22)36/h9,11,14-16,21,28,31,33-37H,4-8,10,12-13H2,1-3H3/t21-,28+,31-/m0/s1. The Morgan fingerprint density at radius 1 is 0.951 bits per heavy atom. The number of methoxy groups -OCH3 is 2. The molecule has 0 aromatic heterocycles. The number of phenols is 3. The van der Waals surface area contributed by atoms with Gasteiger partial charge in [-0.15, -0.1) is 0 Å². The summed E-state index contributed by atoms with van der Waals surface area (Å²) in [5.74, 6) is 0.167. The number of unbranched alkanes of at least 4 members (excludes halogenated alkanes) is 2. The van der Waals surface area contributed by atoms with Crippen molar-refractivity contribution in [2.75, 3.05) is 27.4 Å². The summed E-state index contributed by atoms with van der Waals surface area (Å²) in [7, 11) is 2.72. The fourth-order valence-corrected chi connectivity index (χ4v) is 6.28. The molecular formula is C32H38O9. The molecule has 220 valence electrons. The van der Waals surface area contributed by atoms with Crippen LogP contribution in [0.1, 0.15) is 66.9 Å². The second-order valence-electron chi connectivity index (χ2n) is 10.6. The number of aliphatic hydroxyl groups excluding tert-OH is 2. The lowest BCUT2D eigenvalue weighted by Crippen LogP contribution is -2.36. The normalized spacial score (nSPS) is 19.0. The van der Waals surface area contributed by atoms with Gasteiger partial charge in [0.2, 0.25) is 11.5 Å². The predicted molar refractivity (Wildman–Crippen MR) is 153 cm³/mol. The van der Waals surface area contributed by atoms with Gasteiger partial charge in [0, 0.05) is 28.7 Å². The van der Waals surface area contributed by atoms with Gasteiger partial charge < -0.3 is 44.5 Å². The monoisotopic (exact) mass is 566 g/mol. The van der Waals surface area contributed by atoms with Crippen molar-refractivity contribution in [3.05, 3.63) is 52.6 Å². The molecule has 3 aromatic carbocycles. The highest BCUT2D eigenvalue weighted by molar-refractivity contribution is 5.82. The van der Waals surface area contributed by atoms with E-state index in [1.54, 1.807) is 18.2 Å². The summed E-state index contributed by atoms with van der Waals surface area (Å²) in [5.41, 5.74) is 4.96. The maximum atomic E-state index is 11.9. The van der Waals surface area contributed by atoms with E-state index in [2.05, 4.69) is 6.92 Å². The Labute approximate surface area is 239 Å². The number of hydrogen-bond acceptors (Lipinski definition) is 9. The van der Waals surface area contributed by atoms with E-state index in [4.69, 9.17) is 18.9 Å². The number of ether oxygens (including phenoxy) is 4. The van der Waals surface area contributed by atoms with E-state index in [1.807, 2.05) is 6.07 Å². The quantitative estimate of drug-likeness (QED) is 0.212. The van der Waals surface area contributed by atoms with Crippen LogP contribution in [0.2, 0.25) is 0 Å². The van der Waals surface area contributed by atoms with Crippen molar-refractivity contribution >= 4 is 0 Å². The van der Waals surface area contributed by atoms with Gasteiger partial charge in [-0.05, 0) is 54.2 Å². The molecule has 3 atom stereocenters. The van der Waals surface area contributed by atoms with E-state index in [9.17, 15) is 25.5 Å². The van der Waals surface area contributed by atoms with Gasteiger partial charge in [-0.25, -0.2) is 0 Å². The van der Waals surface area contributed by atoms with Crippen LogP contribution in [0.5, 0.6) is 40.2 Å². The average molecular weight is 567 g/mol. The topological polar surface area (TPSA) is 138 Å². The predicted octanol–water partition coefficient (Wildman–Crippen LogP) is 5.12. The summed E-state index contributed by atoms with van der Waals surface area (Å²) < 4.78 is 23.1. The molecule has 0 unspecified atom stereocenters. The smallest absolute Gasteiger partial charge is 0.207 e. The Bertz CT molecular complexity index is 1420. The fourth-order valence-electron chi connectivity index (χ4n) is 6.28. The van der Waals surface area contributed by atoms with Crippen molar-refractivity contribution in [2.24, 2.45) is 0 Å². The van der Waals surface area contributed by atoms with E-state index in [1.165, 1.54) is 20.3 Å². The highest BCUT2D eigenvalue weighted by Gasteiger charge is 2.43. The molecule has 0 bridgehead atoms. The molecule has 1 aliphatic carbocycles. The largest absolute Gasteiger partial charge is 0.508 e. The van der Waals surface area contributed by atoms with Crippen LogP contribution in [0.15, 0.2) is 30.3 Å². The molecule has 0 fully saturated rings. The van der Waals surface area contributed by atoms with Gasteiger partial charge in [-0.1, -0.05) is 32.3 Å². The van der Waals surface area contributed by atoms with Gasteiger partial charge in [0.05, 0.1) is 20.8 Å². The summed E-state index contributed by atoms with van der Waals surface area (Å²) >= 11 is 0. The van der Waals surface area contributed by atoms with Crippen LogP contribution in [-0.4, -0.2) is 59.1 Å². The Hall–Kier alpha value is -3.82. The number of rotatable bonds is 10. The van der Waals surface area contributed by atoms with Crippen molar-refractivity contribution in [2.45, 2.75) is 63.6 Å². The maximum absolute atomic E-state index is 11.9. The third-order valence-electron chi connectivity index (χ3n) is 8.17. The minimum atomic E-state index is -1.03. The second kappa shape index (κ2) is 12.0. The number of aryl methyl sites for hydroxylation is 1. The number of hydrogen-bond donors (Lipinski definition) is 5. The molecule has 41 heavy (non-hydrogen) atoms. The Morgan fingerprint density at radius 2 is 1.76 bits per heavy atom. The third-order valence-corrected chi connectivity index (χ3v) is 8.17. The van der Waals surface area contributed by atoms with E-state index in [-0.39, 0.29) is 53.4 Å². The molecule has 3 aromatic rings. The van der Waals surface area contributed by atoms with E-state index >= 15 is 0 Å². The first-order chi connectivity index (χ1) is 19.8. The summed E-state index contributed by atoms with van der Waals surface area (Å²) in [5, 5.41) is 53.2. The number of benzene rings is 3. The van der Waals surface area contributed by atoms with Crippen LogP contribution in [0.25, 0.3) is 11.1 Å². The van der Waals surface area contributed by atoms with E-state index in [0.717, 1.165) is 47.1 Å². The van der Waals surface area contributed by atoms with Crippen molar-refractivity contribution in [3.63, 3.8) is 0 Å². The van der Waals surface area contributed by atoms with Gasteiger partial charge in [0.25, 0.3) is 0 Å². The molecule has 0 saturated heterocycles. The number of fused-ring (bicyclic) bond motifs is 5. The Morgan fingerprint density at radius 3 is 2.46 bits per heavy atom. The van der Waals surface area contributed by atoms with Crippen molar-refractivity contribution in [1.29, 1.82) is 0 Å². The van der Waals surface area contributed by atoms with Gasteiger partial charge in [-0.2, -0.15) is 0 Å². The molecule has 5 rings (SSSR count). The molecule has 0 spiro atoms. The molecule has 1 aliphatic heterocycles. The summed E-state index contributed by atoms with van der Waals surface area (Å²) in [4.78, 5) is 0. The highest BCUT2D eigenvalue weighted by Crippen LogP contribution is 2.56. The zero-order valence-corrected chi connectivity index (χ0v) is 23.6. The van der Waals surface area contributed by atoms with Crippen molar-refractivity contribution in [3.8, 4) is 51.4 Å². The van der Waals surface area contributed by atoms with Gasteiger partial charge in [0.15, 0.2) is 17.6 Å². The van der Waals surface area contributed by atoms with Crippen molar-refractivity contribution in [1.82, 2.24) is 0 Å². The molecule has 9 heteroatoms. The molecule has 0 saturated carbocycles. The first kappa shape index (κ1) is 28.7. The van der Waals surface area contributed by atoms with Crippen molar-refractivity contribution < 1.29 is 44.5 Å². The van der Waals surface area contributed by atoms with Crippen LogP contribution in [0.3, 0.4) is 0 Å². The first-order valence-corrected chi connectivity index (χ1v) is 14.1. The van der Waals surface area contributed by atoms with Gasteiger partial charge in [0.1, 0.15) is 30.0 Å². The lowest BCUT2D eigenvalue weighted by molar-refractivity contribution is -0.00471. The highest BCUT2D eigenvalue weighted by atomic mass is 16.5. The molecular weight excluding hydrogens is 528 g/mol. The summed E-state index contributed by atoms with van der Waals surface area (Å²) in [6.45, 7) is 2.04. The lowest BCUT2D eigenvalue weighted by atomic mass is 9.74. The molecule has 0 radical (unpaired) electrons. The Balaban J connectivity index is 1.71. The zero-order valence-electron chi connectivity index (χ0n) is 23.6. The molecule has 5 N–H and O–H groups in total.